The molecule has 0 radical (unpaired) electrons. The molecule has 0 bridgehead atoms. The summed E-state index contributed by atoms with van der Waals surface area (Å²) in [6.45, 7) is 7.54. The van der Waals surface area contributed by atoms with E-state index in [0.717, 1.165) is 48.8 Å². The second-order valence-electron chi connectivity index (χ2n) is 4.74. The number of hydrogen-bond acceptors (Lipinski definition) is 3. The minimum Gasteiger partial charge on any atom is -0.496 e. The van der Waals surface area contributed by atoms with Gasteiger partial charge in [-0.15, -0.1) is 0 Å². The highest BCUT2D eigenvalue weighted by Gasteiger charge is 2.11. The molecule has 0 aromatic heterocycles. The third-order valence-corrected chi connectivity index (χ3v) is 3.67. The minimum absolute atomic E-state index is 0.132. The lowest BCUT2D eigenvalue weighted by Crippen LogP contribution is -2.31. The van der Waals surface area contributed by atoms with Crippen LogP contribution in [0.1, 0.15) is 25.8 Å². The molecule has 1 rings (SSSR count). The molecule has 0 aliphatic heterocycles. The summed E-state index contributed by atoms with van der Waals surface area (Å²) in [6, 6.07) is 5.81. The fraction of sp³-hybridized carbons (Fsp3) is 0.600. The number of rotatable bonds is 8. The summed E-state index contributed by atoms with van der Waals surface area (Å²) in [7, 11) is 1.67. The fourth-order valence-electron chi connectivity index (χ4n) is 2.18. The maximum atomic E-state index is 6.21. The van der Waals surface area contributed by atoms with Crippen molar-refractivity contribution in [3.05, 3.63) is 28.8 Å². The van der Waals surface area contributed by atoms with Crippen LogP contribution in [0.3, 0.4) is 0 Å². The minimum atomic E-state index is 0.132. The van der Waals surface area contributed by atoms with Gasteiger partial charge in [-0.2, -0.15) is 0 Å². The van der Waals surface area contributed by atoms with Crippen molar-refractivity contribution in [3.63, 3.8) is 0 Å². The highest BCUT2D eigenvalue weighted by Crippen LogP contribution is 2.24. The first-order valence-corrected chi connectivity index (χ1v) is 7.28. The van der Waals surface area contributed by atoms with Crippen LogP contribution in [-0.2, 0) is 6.42 Å². The van der Waals surface area contributed by atoms with Gasteiger partial charge in [-0.25, -0.2) is 0 Å². The standard InChI is InChI=1S/C15H25ClN2O/c1-4-18(5-2)9-8-14(17)11-12-10-13(16)6-7-15(12)19-3/h6-7,10,14H,4-5,8-9,11,17H2,1-3H3. The van der Waals surface area contributed by atoms with E-state index in [1.807, 2.05) is 18.2 Å². The summed E-state index contributed by atoms with van der Waals surface area (Å²) in [5.41, 5.74) is 7.30. The molecule has 2 N–H and O–H groups in total. The highest BCUT2D eigenvalue weighted by molar-refractivity contribution is 6.30. The van der Waals surface area contributed by atoms with Crippen LogP contribution in [0.4, 0.5) is 0 Å². The Morgan fingerprint density at radius 2 is 2.00 bits per heavy atom. The first-order chi connectivity index (χ1) is 9.10. The summed E-state index contributed by atoms with van der Waals surface area (Å²) in [5, 5.41) is 0.728. The highest BCUT2D eigenvalue weighted by atomic mass is 35.5. The van der Waals surface area contributed by atoms with Gasteiger partial charge in [0.1, 0.15) is 5.75 Å². The second kappa shape index (κ2) is 8.41. The zero-order valence-corrected chi connectivity index (χ0v) is 12.9. The second-order valence-corrected chi connectivity index (χ2v) is 5.17. The van der Waals surface area contributed by atoms with Crippen LogP contribution >= 0.6 is 11.6 Å². The molecule has 3 nitrogen and oxygen atoms in total. The predicted molar refractivity (Wildman–Crippen MR) is 82.1 cm³/mol. The summed E-state index contributed by atoms with van der Waals surface area (Å²) >= 11 is 6.03. The predicted octanol–water partition coefficient (Wildman–Crippen LogP) is 2.95. The molecule has 0 saturated heterocycles. The van der Waals surface area contributed by atoms with E-state index in [4.69, 9.17) is 22.1 Å². The van der Waals surface area contributed by atoms with Gasteiger partial charge in [-0.1, -0.05) is 25.4 Å². The van der Waals surface area contributed by atoms with Crippen LogP contribution in [0.25, 0.3) is 0 Å². The number of halogens is 1. The Morgan fingerprint density at radius 1 is 1.32 bits per heavy atom. The van der Waals surface area contributed by atoms with Gasteiger partial charge in [-0.05, 0) is 56.2 Å². The number of methoxy groups -OCH3 is 1. The zero-order valence-electron chi connectivity index (χ0n) is 12.2. The first-order valence-electron chi connectivity index (χ1n) is 6.91. The van der Waals surface area contributed by atoms with Crippen molar-refractivity contribution >= 4 is 11.6 Å². The third-order valence-electron chi connectivity index (χ3n) is 3.44. The summed E-state index contributed by atoms with van der Waals surface area (Å²) in [5.74, 6) is 0.864. The van der Waals surface area contributed by atoms with E-state index < -0.39 is 0 Å². The molecule has 0 amide bonds. The quantitative estimate of drug-likeness (QED) is 0.798. The van der Waals surface area contributed by atoms with E-state index in [1.165, 1.54) is 0 Å². The number of ether oxygens (including phenoxy) is 1. The topological polar surface area (TPSA) is 38.5 Å². The largest absolute Gasteiger partial charge is 0.496 e. The van der Waals surface area contributed by atoms with Gasteiger partial charge in [0.05, 0.1) is 7.11 Å². The van der Waals surface area contributed by atoms with Crippen LogP contribution < -0.4 is 10.5 Å². The van der Waals surface area contributed by atoms with E-state index in [9.17, 15) is 0 Å². The van der Waals surface area contributed by atoms with Crippen LogP contribution in [-0.4, -0.2) is 37.7 Å². The van der Waals surface area contributed by atoms with Crippen molar-refractivity contribution in [2.45, 2.75) is 32.7 Å². The Hall–Kier alpha value is -0.770. The van der Waals surface area contributed by atoms with E-state index in [2.05, 4.69) is 18.7 Å². The molecule has 4 heteroatoms. The maximum absolute atomic E-state index is 6.21. The van der Waals surface area contributed by atoms with E-state index in [0.29, 0.717) is 0 Å². The molecular formula is C15H25ClN2O. The van der Waals surface area contributed by atoms with Gasteiger partial charge >= 0.3 is 0 Å². The summed E-state index contributed by atoms with van der Waals surface area (Å²) in [4.78, 5) is 2.38. The van der Waals surface area contributed by atoms with Crippen molar-refractivity contribution in [1.29, 1.82) is 0 Å². The fourth-order valence-corrected chi connectivity index (χ4v) is 2.37. The summed E-state index contributed by atoms with van der Waals surface area (Å²) in [6.07, 6.45) is 1.78. The van der Waals surface area contributed by atoms with Gasteiger partial charge in [0.25, 0.3) is 0 Å². The van der Waals surface area contributed by atoms with Crippen LogP contribution in [0.15, 0.2) is 18.2 Å². The van der Waals surface area contributed by atoms with Crippen molar-refractivity contribution < 1.29 is 4.74 Å². The Bertz CT molecular complexity index is 380. The summed E-state index contributed by atoms with van der Waals surface area (Å²) < 4.78 is 5.34. The SMILES string of the molecule is CCN(CC)CCC(N)Cc1cc(Cl)ccc1OC. The average molecular weight is 285 g/mol. The number of nitrogens with two attached hydrogens (primary N) is 1. The Labute approximate surface area is 121 Å². The van der Waals surface area contributed by atoms with Crippen molar-refractivity contribution in [1.82, 2.24) is 4.90 Å². The number of hydrogen-bond donors (Lipinski definition) is 1. The van der Waals surface area contributed by atoms with Crippen LogP contribution in [0.5, 0.6) is 5.75 Å². The van der Waals surface area contributed by atoms with Crippen molar-refractivity contribution in [2.75, 3.05) is 26.7 Å². The van der Waals surface area contributed by atoms with Crippen LogP contribution in [0.2, 0.25) is 5.02 Å². The lowest BCUT2D eigenvalue weighted by atomic mass is 10.0. The molecule has 0 saturated carbocycles. The van der Waals surface area contributed by atoms with Crippen molar-refractivity contribution in [2.24, 2.45) is 5.73 Å². The molecule has 0 heterocycles. The maximum Gasteiger partial charge on any atom is 0.122 e. The molecule has 1 aromatic rings. The van der Waals surface area contributed by atoms with Crippen LogP contribution in [0, 0.1) is 0 Å². The lowest BCUT2D eigenvalue weighted by Gasteiger charge is -2.21. The average Bonchev–Trinajstić information content (AvgIpc) is 2.40. The Balaban J connectivity index is 2.56. The van der Waals surface area contributed by atoms with E-state index in [1.54, 1.807) is 7.11 Å². The molecular weight excluding hydrogens is 260 g/mol. The monoisotopic (exact) mass is 284 g/mol. The van der Waals surface area contributed by atoms with Gasteiger partial charge in [0.2, 0.25) is 0 Å². The third kappa shape index (κ3) is 5.39. The van der Waals surface area contributed by atoms with Gasteiger partial charge in [0.15, 0.2) is 0 Å². The molecule has 0 spiro atoms. The van der Waals surface area contributed by atoms with Crippen molar-refractivity contribution in [3.8, 4) is 5.75 Å². The van der Waals surface area contributed by atoms with Gasteiger partial charge in [0, 0.05) is 11.1 Å². The van der Waals surface area contributed by atoms with E-state index >= 15 is 0 Å². The molecule has 0 aliphatic rings. The smallest absolute Gasteiger partial charge is 0.122 e. The van der Waals surface area contributed by atoms with Gasteiger partial charge in [-0.3, -0.25) is 0 Å². The normalized spacial score (nSPS) is 12.7. The number of benzene rings is 1. The lowest BCUT2D eigenvalue weighted by molar-refractivity contribution is 0.289. The molecule has 1 aromatic carbocycles. The Kier molecular flexibility index (Phi) is 7.21. The molecule has 1 unspecified atom stereocenters. The Morgan fingerprint density at radius 3 is 2.58 bits per heavy atom. The first kappa shape index (κ1) is 16.3. The molecule has 0 fully saturated rings. The zero-order chi connectivity index (χ0) is 14.3. The molecule has 1 atom stereocenters. The number of nitrogens with zero attached hydrogens (tertiary/aromatic N) is 1. The molecule has 0 aliphatic carbocycles. The van der Waals surface area contributed by atoms with E-state index in [-0.39, 0.29) is 6.04 Å². The molecule has 19 heavy (non-hydrogen) atoms. The molecule has 108 valence electrons. The van der Waals surface area contributed by atoms with Gasteiger partial charge < -0.3 is 15.4 Å².